The van der Waals surface area contributed by atoms with Crippen molar-refractivity contribution in [2.75, 3.05) is 0 Å². The van der Waals surface area contributed by atoms with Crippen molar-refractivity contribution in [3.8, 4) is 5.75 Å². The number of amides is 1. The van der Waals surface area contributed by atoms with Gasteiger partial charge in [-0.3, -0.25) is 4.79 Å². The molecule has 3 rings (SSSR count). The Kier molecular flexibility index (Phi) is 4.02. The second-order valence-corrected chi connectivity index (χ2v) is 5.85. The number of nitrogens with zero attached hydrogens (tertiary/aromatic N) is 1. The lowest BCUT2D eigenvalue weighted by atomic mass is 10.0. The number of aromatic hydroxyl groups is 1. The van der Waals surface area contributed by atoms with Crippen molar-refractivity contribution >= 4 is 16.9 Å². The predicted molar refractivity (Wildman–Crippen MR) is 89.2 cm³/mol. The Morgan fingerprint density at radius 2 is 1.83 bits per heavy atom. The van der Waals surface area contributed by atoms with Gasteiger partial charge >= 0.3 is 0 Å². The van der Waals surface area contributed by atoms with Crippen LogP contribution in [0.5, 0.6) is 5.75 Å². The fourth-order valence-corrected chi connectivity index (χ4v) is 2.56. The van der Waals surface area contributed by atoms with Gasteiger partial charge in [-0.25, -0.2) is 4.98 Å². The first-order valence-corrected chi connectivity index (χ1v) is 7.60. The summed E-state index contributed by atoms with van der Waals surface area (Å²) in [6.07, 6.45) is 0. The van der Waals surface area contributed by atoms with Gasteiger partial charge in [-0.2, -0.15) is 0 Å². The van der Waals surface area contributed by atoms with Crippen LogP contribution in [0.2, 0.25) is 0 Å². The molecule has 1 unspecified atom stereocenters. The topological polar surface area (TPSA) is 78.0 Å². The Bertz CT molecular complexity index is 806. The summed E-state index contributed by atoms with van der Waals surface area (Å²) in [6.45, 7) is 4.03. The number of nitrogens with one attached hydrogen (secondary N) is 2. The maximum absolute atomic E-state index is 12.5. The Balaban J connectivity index is 1.90. The van der Waals surface area contributed by atoms with E-state index in [4.69, 9.17) is 0 Å². The number of hydrogen-bond donors (Lipinski definition) is 3. The van der Waals surface area contributed by atoms with Gasteiger partial charge in [-0.05, 0) is 30.2 Å². The van der Waals surface area contributed by atoms with E-state index in [-0.39, 0.29) is 29.2 Å². The van der Waals surface area contributed by atoms with Gasteiger partial charge in [0, 0.05) is 0 Å². The molecule has 1 atom stereocenters. The molecule has 0 fully saturated rings. The van der Waals surface area contributed by atoms with Crippen LogP contribution < -0.4 is 5.32 Å². The summed E-state index contributed by atoms with van der Waals surface area (Å²) in [5, 5.41) is 12.8. The number of imidazole rings is 1. The van der Waals surface area contributed by atoms with E-state index in [1.807, 2.05) is 38.1 Å². The lowest BCUT2D eigenvalue weighted by Crippen LogP contribution is -2.32. The van der Waals surface area contributed by atoms with Gasteiger partial charge in [0.2, 0.25) is 0 Å². The van der Waals surface area contributed by atoms with E-state index in [1.165, 1.54) is 6.07 Å². The molecule has 3 N–H and O–H groups in total. The highest BCUT2D eigenvalue weighted by molar-refractivity contribution is 5.97. The highest BCUT2D eigenvalue weighted by atomic mass is 16.3. The molecule has 118 valence electrons. The number of aromatic amines is 1. The smallest absolute Gasteiger partial charge is 0.255 e. The van der Waals surface area contributed by atoms with Crippen molar-refractivity contribution in [2.24, 2.45) is 5.92 Å². The minimum atomic E-state index is -0.317. The summed E-state index contributed by atoms with van der Waals surface area (Å²) in [4.78, 5) is 20.3. The van der Waals surface area contributed by atoms with E-state index < -0.39 is 0 Å². The van der Waals surface area contributed by atoms with Gasteiger partial charge in [0.15, 0.2) is 0 Å². The van der Waals surface area contributed by atoms with E-state index in [0.717, 1.165) is 11.0 Å². The predicted octanol–water partition coefficient (Wildman–Crippen LogP) is 3.40. The van der Waals surface area contributed by atoms with Crippen molar-refractivity contribution in [2.45, 2.75) is 19.9 Å². The van der Waals surface area contributed by atoms with Crippen LogP contribution >= 0.6 is 0 Å². The summed E-state index contributed by atoms with van der Waals surface area (Å²) >= 11 is 0. The first-order chi connectivity index (χ1) is 11.1. The maximum Gasteiger partial charge on any atom is 0.255 e. The van der Waals surface area contributed by atoms with E-state index in [1.54, 1.807) is 18.2 Å². The second kappa shape index (κ2) is 6.12. The number of phenols is 1. The van der Waals surface area contributed by atoms with Crippen LogP contribution in [-0.2, 0) is 0 Å². The summed E-state index contributed by atoms with van der Waals surface area (Å²) in [5.74, 6) is 0.509. The molecular formula is C18H19N3O2. The van der Waals surface area contributed by atoms with Crippen molar-refractivity contribution in [1.82, 2.24) is 15.3 Å². The van der Waals surface area contributed by atoms with Crippen LogP contribution in [0.3, 0.4) is 0 Å². The van der Waals surface area contributed by atoms with E-state index in [0.29, 0.717) is 5.82 Å². The zero-order chi connectivity index (χ0) is 16.4. The molecule has 23 heavy (non-hydrogen) atoms. The summed E-state index contributed by atoms with van der Waals surface area (Å²) in [6, 6.07) is 14.0. The lowest BCUT2D eigenvalue weighted by molar-refractivity contribution is 0.0920. The number of carbonyl (C=O) groups is 1. The number of fused-ring (bicyclic) bond motifs is 1. The molecule has 0 aliphatic carbocycles. The number of phenolic OH excluding ortho intramolecular Hbond substituents is 1. The normalized spacial score (nSPS) is 12.5. The van der Waals surface area contributed by atoms with Crippen molar-refractivity contribution in [3.05, 3.63) is 59.9 Å². The molecule has 1 heterocycles. The molecule has 0 aliphatic heterocycles. The zero-order valence-electron chi connectivity index (χ0n) is 13.1. The largest absolute Gasteiger partial charge is 0.507 e. The van der Waals surface area contributed by atoms with Crippen molar-refractivity contribution in [1.29, 1.82) is 0 Å². The Morgan fingerprint density at radius 3 is 2.52 bits per heavy atom. The zero-order valence-corrected chi connectivity index (χ0v) is 13.1. The van der Waals surface area contributed by atoms with Gasteiger partial charge in [0.05, 0.1) is 22.6 Å². The number of para-hydroxylation sites is 3. The van der Waals surface area contributed by atoms with Crippen molar-refractivity contribution in [3.63, 3.8) is 0 Å². The van der Waals surface area contributed by atoms with Gasteiger partial charge in [-0.15, -0.1) is 0 Å². The highest BCUT2D eigenvalue weighted by Crippen LogP contribution is 2.24. The molecule has 5 heteroatoms. The summed E-state index contributed by atoms with van der Waals surface area (Å²) < 4.78 is 0. The Labute approximate surface area is 134 Å². The molecular weight excluding hydrogens is 290 g/mol. The monoisotopic (exact) mass is 309 g/mol. The molecule has 0 aliphatic rings. The van der Waals surface area contributed by atoms with Crippen LogP contribution in [0.1, 0.15) is 36.1 Å². The number of hydrogen-bond acceptors (Lipinski definition) is 3. The van der Waals surface area contributed by atoms with Crippen LogP contribution in [0, 0.1) is 5.92 Å². The first kappa shape index (κ1) is 15.1. The van der Waals surface area contributed by atoms with Crippen LogP contribution in [0.15, 0.2) is 48.5 Å². The molecule has 0 radical (unpaired) electrons. The molecule has 1 aromatic heterocycles. The molecule has 0 saturated heterocycles. The molecule has 0 spiro atoms. The van der Waals surface area contributed by atoms with E-state index in [2.05, 4.69) is 15.3 Å². The average molecular weight is 309 g/mol. The second-order valence-electron chi connectivity index (χ2n) is 5.85. The van der Waals surface area contributed by atoms with Crippen LogP contribution in [-0.4, -0.2) is 21.0 Å². The molecule has 1 amide bonds. The summed E-state index contributed by atoms with van der Waals surface area (Å²) in [7, 11) is 0. The third-order valence-electron chi connectivity index (χ3n) is 3.80. The molecule has 2 aromatic carbocycles. The lowest BCUT2D eigenvalue weighted by Gasteiger charge is -2.20. The molecule has 3 aromatic rings. The number of rotatable bonds is 4. The third kappa shape index (κ3) is 3.04. The number of aromatic nitrogens is 2. The van der Waals surface area contributed by atoms with E-state index in [9.17, 15) is 9.90 Å². The van der Waals surface area contributed by atoms with E-state index >= 15 is 0 Å². The third-order valence-corrected chi connectivity index (χ3v) is 3.80. The first-order valence-electron chi connectivity index (χ1n) is 7.60. The minimum Gasteiger partial charge on any atom is -0.507 e. The fourth-order valence-electron chi connectivity index (χ4n) is 2.56. The average Bonchev–Trinajstić information content (AvgIpc) is 2.96. The molecule has 0 saturated carbocycles. The summed E-state index contributed by atoms with van der Waals surface area (Å²) in [5.41, 5.74) is 2.06. The van der Waals surface area contributed by atoms with Crippen LogP contribution in [0.4, 0.5) is 0 Å². The molecule has 5 nitrogen and oxygen atoms in total. The van der Waals surface area contributed by atoms with Gasteiger partial charge < -0.3 is 15.4 Å². The fraction of sp³-hybridized carbons (Fsp3) is 0.222. The quantitative estimate of drug-likeness (QED) is 0.691. The molecule has 0 bridgehead atoms. The van der Waals surface area contributed by atoms with Gasteiger partial charge in [0.25, 0.3) is 5.91 Å². The highest BCUT2D eigenvalue weighted by Gasteiger charge is 2.23. The maximum atomic E-state index is 12.5. The standard InChI is InChI=1S/C18H19N3O2/c1-11(2)16(17-19-13-8-4-5-9-14(13)20-17)21-18(23)12-7-3-6-10-15(12)22/h3-11,16,22H,1-2H3,(H,19,20)(H,21,23). The SMILES string of the molecule is CC(C)C(NC(=O)c1ccccc1O)c1nc2ccccc2[nH]1. The van der Waals surface area contributed by atoms with Crippen molar-refractivity contribution < 1.29 is 9.90 Å². The Hall–Kier alpha value is -2.82. The number of H-pyrrole nitrogens is 1. The minimum absolute atomic E-state index is 0.0305. The number of carbonyl (C=O) groups excluding carboxylic acids is 1. The Morgan fingerprint density at radius 1 is 1.13 bits per heavy atom. The van der Waals surface area contributed by atoms with Gasteiger partial charge in [-0.1, -0.05) is 38.1 Å². The van der Waals surface area contributed by atoms with Gasteiger partial charge in [0.1, 0.15) is 11.6 Å². The number of benzene rings is 2. The van der Waals surface area contributed by atoms with Crippen LogP contribution in [0.25, 0.3) is 11.0 Å².